The van der Waals surface area contributed by atoms with Gasteiger partial charge in [-0.2, -0.15) is 4.98 Å². The first kappa shape index (κ1) is 9.00. The molecule has 2 nitrogen and oxygen atoms in total. The van der Waals surface area contributed by atoms with Gasteiger partial charge in [0.15, 0.2) is 0 Å². The smallest absolute Gasteiger partial charge is 0.274 e. The predicted octanol–water partition coefficient (Wildman–Crippen LogP) is 3.08. The number of hydrogen-bond acceptors (Lipinski definition) is 3. The maximum atomic E-state index is 5.50. The summed E-state index contributed by atoms with van der Waals surface area (Å²) in [5.74, 6) is 0. The van der Waals surface area contributed by atoms with Gasteiger partial charge in [-0.05, 0) is 36.7 Å². The second kappa shape index (κ2) is 3.11. The maximum Gasteiger partial charge on any atom is 0.274 e. The van der Waals surface area contributed by atoms with Crippen molar-refractivity contribution >= 4 is 27.3 Å². The molecule has 0 saturated carbocycles. The molecule has 0 amide bonds. The summed E-state index contributed by atoms with van der Waals surface area (Å²) in [5, 5.41) is 2.62. The van der Waals surface area contributed by atoms with Crippen LogP contribution in [0.2, 0.25) is 0 Å². The Morgan fingerprint density at radius 1 is 1.55 bits per heavy atom. The van der Waals surface area contributed by atoms with Gasteiger partial charge in [-0.15, -0.1) is 0 Å². The van der Waals surface area contributed by atoms with E-state index in [-0.39, 0.29) is 5.60 Å². The van der Waals surface area contributed by atoms with E-state index in [9.17, 15) is 0 Å². The van der Waals surface area contributed by atoms with Gasteiger partial charge in [0.25, 0.3) is 5.19 Å². The van der Waals surface area contributed by atoms with Crippen LogP contribution in [-0.2, 0) is 0 Å². The second-order valence-corrected chi connectivity index (χ2v) is 4.78. The lowest BCUT2D eigenvalue weighted by Crippen LogP contribution is -2.22. The van der Waals surface area contributed by atoms with E-state index in [4.69, 9.17) is 4.74 Å². The lowest BCUT2D eigenvalue weighted by atomic mass is 10.2. The van der Waals surface area contributed by atoms with Crippen molar-refractivity contribution in [3.05, 3.63) is 9.98 Å². The van der Waals surface area contributed by atoms with Crippen LogP contribution in [0.3, 0.4) is 0 Å². The molecule has 0 unspecified atom stereocenters. The Balaban J connectivity index is 2.65. The van der Waals surface area contributed by atoms with Crippen LogP contribution in [0.5, 0.6) is 5.19 Å². The fraction of sp³-hybridized carbons (Fsp3) is 0.571. The molecule has 0 aromatic carbocycles. The normalized spacial score (nSPS) is 11.6. The minimum absolute atomic E-state index is 0.155. The first-order valence-corrected chi connectivity index (χ1v) is 4.95. The van der Waals surface area contributed by atoms with E-state index < -0.39 is 0 Å². The van der Waals surface area contributed by atoms with Gasteiger partial charge >= 0.3 is 0 Å². The number of thiazole rings is 1. The van der Waals surface area contributed by atoms with Gasteiger partial charge in [0, 0.05) is 5.38 Å². The van der Waals surface area contributed by atoms with Gasteiger partial charge in [0.1, 0.15) is 10.2 Å². The molecule has 1 rings (SSSR count). The van der Waals surface area contributed by atoms with Crippen molar-refractivity contribution in [2.24, 2.45) is 0 Å². The first-order chi connectivity index (χ1) is 4.97. The van der Waals surface area contributed by atoms with Gasteiger partial charge in [0.05, 0.1) is 0 Å². The second-order valence-electron chi connectivity index (χ2n) is 3.15. The number of aromatic nitrogens is 1. The molecular formula is C7H10BrNOS. The average Bonchev–Trinajstić information content (AvgIpc) is 2.10. The highest BCUT2D eigenvalue weighted by atomic mass is 79.9. The summed E-state index contributed by atoms with van der Waals surface area (Å²) in [6.07, 6.45) is 0. The summed E-state index contributed by atoms with van der Waals surface area (Å²) in [5.41, 5.74) is -0.155. The van der Waals surface area contributed by atoms with Crippen molar-refractivity contribution in [3.63, 3.8) is 0 Å². The van der Waals surface area contributed by atoms with Crippen LogP contribution in [0.1, 0.15) is 20.8 Å². The van der Waals surface area contributed by atoms with Gasteiger partial charge in [-0.1, -0.05) is 11.3 Å². The molecular weight excluding hydrogens is 226 g/mol. The number of ether oxygens (including phenoxy) is 1. The Hall–Kier alpha value is -0.0900. The van der Waals surface area contributed by atoms with Crippen LogP contribution < -0.4 is 4.74 Å². The zero-order valence-electron chi connectivity index (χ0n) is 6.72. The number of halogens is 1. The van der Waals surface area contributed by atoms with Gasteiger partial charge < -0.3 is 4.74 Å². The number of rotatable bonds is 1. The summed E-state index contributed by atoms with van der Waals surface area (Å²) in [6, 6.07) is 0. The molecule has 1 heterocycles. The van der Waals surface area contributed by atoms with E-state index >= 15 is 0 Å². The molecule has 0 fully saturated rings. The SMILES string of the molecule is CC(C)(C)Oc1nc(Br)cs1. The Morgan fingerprint density at radius 2 is 2.18 bits per heavy atom. The van der Waals surface area contributed by atoms with Gasteiger partial charge in [-0.3, -0.25) is 0 Å². The van der Waals surface area contributed by atoms with Crippen molar-refractivity contribution < 1.29 is 4.74 Å². The molecule has 0 aliphatic carbocycles. The van der Waals surface area contributed by atoms with Crippen molar-refractivity contribution in [3.8, 4) is 5.19 Å². The summed E-state index contributed by atoms with van der Waals surface area (Å²) in [6.45, 7) is 6.01. The first-order valence-electron chi connectivity index (χ1n) is 3.27. The zero-order chi connectivity index (χ0) is 8.48. The molecule has 0 aliphatic rings. The standard InChI is InChI=1S/C7H10BrNOS/c1-7(2,3)10-6-9-5(8)4-11-6/h4H,1-3H3. The highest BCUT2D eigenvalue weighted by Crippen LogP contribution is 2.25. The molecule has 0 radical (unpaired) electrons. The highest BCUT2D eigenvalue weighted by molar-refractivity contribution is 9.10. The van der Waals surface area contributed by atoms with E-state index in [1.165, 1.54) is 11.3 Å². The third kappa shape index (κ3) is 3.20. The van der Waals surface area contributed by atoms with Crippen LogP contribution in [0.25, 0.3) is 0 Å². The third-order valence-corrected chi connectivity index (χ3v) is 2.28. The summed E-state index contributed by atoms with van der Waals surface area (Å²) >= 11 is 4.76. The topological polar surface area (TPSA) is 22.1 Å². The quantitative estimate of drug-likeness (QED) is 0.747. The van der Waals surface area contributed by atoms with E-state index in [1.807, 2.05) is 26.2 Å². The van der Waals surface area contributed by atoms with Crippen LogP contribution in [0.4, 0.5) is 0 Å². The molecule has 0 saturated heterocycles. The van der Waals surface area contributed by atoms with E-state index in [1.54, 1.807) is 0 Å². The molecule has 4 heteroatoms. The molecule has 0 N–H and O–H groups in total. The highest BCUT2D eigenvalue weighted by Gasteiger charge is 2.13. The Kier molecular flexibility index (Phi) is 2.54. The monoisotopic (exact) mass is 235 g/mol. The molecule has 1 aromatic heterocycles. The number of hydrogen-bond donors (Lipinski definition) is 0. The summed E-state index contributed by atoms with van der Waals surface area (Å²) in [7, 11) is 0. The van der Waals surface area contributed by atoms with Crippen molar-refractivity contribution in [1.82, 2.24) is 4.98 Å². The van der Waals surface area contributed by atoms with Crippen LogP contribution in [-0.4, -0.2) is 10.6 Å². The van der Waals surface area contributed by atoms with Crippen molar-refractivity contribution in [2.75, 3.05) is 0 Å². The van der Waals surface area contributed by atoms with E-state index in [0.29, 0.717) is 5.19 Å². The van der Waals surface area contributed by atoms with Crippen molar-refractivity contribution in [1.29, 1.82) is 0 Å². The van der Waals surface area contributed by atoms with Crippen LogP contribution in [0, 0.1) is 0 Å². The maximum absolute atomic E-state index is 5.50. The fourth-order valence-corrected chi connectivity index (χ4v) is 1.81. The molecule has 0 aliphatic heterocycles. The van der Waals surface area contributed by atoms with Gasteiger partial charge in [0.2, 0.25) is 0 Å². The Morgan fingerprint density at radius 3 is 2.55 bits per heavy atom. The summed E-state index contributed by atoms with van der Waals surface area (Å²) in [4.78, 5) is 4.11. The van der Waals surface area contributed by atoms with E-state index in [0.717, 1.165) is 4.60 Å². The van der Waals surface area contributed by atoms with Crippen LogP contribution >= 0.6 is 27.3 Å². The molecule has 11 heavy (non-hydrogen) atoms. The summed E-state index contributed by atoms with van der Waals surface area (Å²) < 4.78 is 6.33. The molecule has 62 valence electrons. The lowest BCUT2D eigenvalue weighted by molar-refractivity contribution is 0.130. The molecule has 0 atom stereocenters. The lowest BCUT2D eigenvalue weighted by Gasteiger charge is -2.18. The molecule has 0 bridgehead atoms. The minimum Gasteiger partial charge on any atom is -0.464 e. The minimum atomic E-state index is -0.155. The van der Waals surface area contributed by atoms with Crippen molar-refractivity contribution in [2.45, 2.75) is 26.4 Å². The number of nitrogens with zero attached hydrogens (tertiary/aromatic N) is 1. The predicted molar refractivity (Wildman–Crippen MR) is 50.2 cm³/mol. The molecule has 1 aromatic rings. The Labute approximate surface area is 78.7 Å². The largest absolute Gasteiger partial charge is 0.464 e. The van der Waals surface area contributed by atoms with Gasteiger partial charge in [-0.25, -0.2) is 0 Å². The molecule has 0 spiro atoms. The Bertz CT molecular complexity index is 241. The van der Waals surface area contributed by atoms with E-state index in [2.05, 4.69) is 20.9 Å². The third-order valence-electron chi connectivity index (χ3n) is 0.849. The fourth-order valence-electron chi connectivity index (χ4n) is 0.548. The van der Waals surface area contributed by atoms with Crippen LogP contribution in [0.15, 0.2) is 9.98 Å². The zero-order valence-corrected chi connectivity index (χ0v) is 9.12. The average molecular weight is 236 g/mol.